The molecule has 0 radical (unpaired) electrons. The number of hydrogen-bond donors (Lipinski definition) is 1. The van der Waals surface area contributed by atoms with Gasteiger partial charge in [-0.25, -0.2) is 0 Å². The standard InChI is InChI=1S/C9H18O/c1-6(2)9(10)8-5-4-7(8)3/h6-10H,4-5H2,1-3H3. The molecular formula is C9H18O. The highest BCUT2D eigenvalue weighted by Gasteiger charge is 2.33. The van der Waals surface area contributed by atoms with E-state index in [0.29, 0.717) is 11.8 Å². The van der Waals surface area contributed by atoms with Crippen LogP contribution >= 0.6 is 0 Å². The molecule has 10 heavy (non-hydrogen) atoms. The van der Waals surface area contributed by atoms with Crippen LogP contribution in [-0.4, -0.2) is 11.2 Å². The van der Waals surface area contributed by atoms with Crippen LogP contribution < -0.4 is 0 Å². The maximum atomic E-state index is 9.62. The zero-order chi connectivity index (χ0) is 7.72. The van der Waals surface area contributed by atoms with Gasteiger partial charge in [-0.3, -0.25) is 0 Å². The highest BCUT2D eigenvalue weighted by molar-refractivity contribution is 4.84. The summed E-state index contributed by atoms with van der Waals surface area (Å²) in [7, 11) is 0. The maximum Gasteiger partial charge on any atom is 0.0593 e. The van der Waals surface area contributed by atoms with Gasteiger partial charge in [0.05, 0.1) is 6.10 Å². The lowest BCUT2D eigenvalue weighted by Crippen LogP contribution is -2.37. The minimum atomic E-state index is -0.0521. The number of hydrogen-bond acceptors (Lipinski definition) is 1. The lowest BCUT2D eigenvalue weighted by atomic mass is 9.69. The molecule has 1 aliphatic carbocycles. The topological polar surface area (TPSA) is 20.2 Å². The third kappa shape index (κ3) is 1.34. The minimum Gasteiger partial charge on any atom is -0.393 e. The van der Waals surface area contributed by atoms with Gasteiger partial charge in [-0.2, -0.15) is 0 Å². The average Bonchev–Trinajstić information content (AvgIpc) is 1.84. The van der Waals surface area contributed by atoms with Crippen LogP contribution in [0.2, 0.25) is 0 Å². The molecule has 0 bridgehead atoms. The quantitative estimate of drug-likeness (QED) is 0.625. The Morgan fingerprint density at radius 1 is 1.30 bits per heavy atom. The van der Waals surface area contributed by atoms with Gasteiger partial charge in [-0.05, 0) is 30.6 Å². The molecule has 0 heterocycles. The predicted molar refractivity (Wildman–Crippen MR) is 42.7 cm³/mol. The van der Waals surface area contributed by atoms with Gasteiger partial charge in [0.2, 0.25) is 0 Å². The second kappa shape index (κ2) is 2.91. The molecule has 0 aliphatic heterocycles. The van der Waals surface area contributed by atoms with Crippen molar-refractivity contribution in [2.45, 2.75) is 39.7 Å². The van der Waals surface area contributed by atoms with Crippen molar-refractivity contribution < 1.29 is 5.11 Å². The highest BCUT2D eigenvalue weighted by atomic mass is 16.3. The molecule has 0 saturated heterocycles. The van der Waals surface area contributed by atoms with Crippen molar-refractivity contribution in [2.75, 3.05) is 0 Å². The number of aliphatic hydroxyl groups excluding tert-OH is 1. The van der Waals surface area contributed by atoms with Crippen molar-refractivity contribution in [3.8, 4) is 0 Å². The van der Waals surface area contributed by atoms with Crippen molar-refractivity contribution in [3.05, 3.63) is 0 Å². The zero-order valence-electron chi connectivity index (χ0n) is 7.17. The first-order valence-corrected chi connectivity index (χ1v) is 4.31. The predicted octanol–water partition coefficient (Wildman–Crippen LogP) is 2.05. The first-order valence-electron chi connectivity index (χ1n) is 4.31. The molecule has 1 rings (SSSR count). The van der Waals surface area contributed by atoms with E-state index in [1.807, 2.05) is 0 Å². The fourth-order valence-electron chi connectivity index (χ4n) is 1.69. The van der Waals surface area contributed by atoms with Crippen LogP contribution in [0.5, 0.6) is 0 Å². The van der Waals surface area contributed by atoms with E-state index in [2.05, 4.69) is 20.8 Å². The van der Waals surface area contributed by atoms with Crippen LogP contribution in [0, 0.1) is 17.8 Å². The largest absolute Gasteiger partial charge is 0.393 e. The van der Waals surface area contributed by atoms with Crippen LogP contribution in [0.3, 0.4) is 0 Å². The van der Waals surface area contributed by atoms with Gasteiger partial charge in [0, 0.05) is 0 Å². The highest BCUT2D eigenvalue weighted by Crippen LogP contribution is 2.38. The molecule has 1 fully saturated rings. The van der Waals surface area contributed by atoms with E-state index in [-0.39, 0.29) is 6.10 Å². The zero-order valence-corrected chi connectivity index (χ0v) is 7.17. The average molecular weight is 142 g/mol. The Hall–Kier alpha value is -0.0400. The molecule has 1 nitrogen and oxygen atoms in total. The van der Waals surface area contributed by atoms with Crippen molar-refractivity contribution in [3.63, 3.8) is 0 Å². The molecule has 3 unspecified atom stereocenters. The summed E-state index contributed by atoms with van der Waals surface area (Å²) in [5, 5.41) is 9.62. The van der Waals surface area contributed by atoms with Crippen LogP contribution in [0.15, 0.2) is 0 Å². The van der Waals surface area contributed by atoms with Gasteiger partial charge in [-0.1, -0.05) is 20.8 Å². The lowest BCUT2D eigenvalue weighted by Gasteiger charge is -2.39. The Bertz CT molecular complexity index is 105. The molecule has 1 N–H and O–H groups in total. The van der Waals surface area contributed by atoms with E-state index >= 15 is 0 Å². The van der Waals surface area contributed by atoms with Gasteiger partial charge < -0.3 is 5.11 Å². The van der Waals surface area contributed by atoms with Crippen LogP contribution in [0.25, 0.3) is 0 Å². The summed E-state index contributed by atoms with van der Waals surface area (Å²) in [5.41, 5.74) is 0. The molecule has 1 saturated carbocycles. The second-order valence-corrected chi connectivity index (χ2v) is 3.95. The van der Waals surface area contributed by atoms with Crippen LogP contribution in [0.1, 0.15) is 33.6 Å². The first kappa shape index (κ1) is 8.06. The molecule has 3 atom stereocenters. The van der Waals surface area contributed by atoms with Gasteiger partial charge in [0.15, 0.2) is 0 Å². The molecule has 1 heteroatoms. The summed E-state index contributed by atoms with van der Waals surface area (Å²) in [6.45, 7) is 6.42. The fraction of sp³-hybridized carbons (Fsp3) is 1.00. The summed E-state index contributed by atoms with van der Waals surface area (Å²) in [5.74, 6) is 1.80. The van der Waals surface area contributed by atoms with E-state index in [1.54, 1.807) is 0 Å². The second-order valence-electron chi connectivity index (χ2n) is 3.95. The molecule has 0 aromatic rings. The molecule has 0 amide bonds. The molecule has 0 aromatic heterocycles. The normalized spacial score (nSPS) is 35.7. The third-order valence-corrected chi connectivity index (χ3v) is 2.81. The fourth-order valence-corrected chi connectivity index (χ4v) is 1.69. The van der Waals surface area contributed by atoms with E-state index in [0.717, 1.165) is 5.92 Å². The molecule has 0 aromatic carbocycles. The molecule has 60 valence electrons. The lowest BCUT2D eigenvalue weighted by molar-refractivity contribution is -0.00843. The van der Waals surface area contributed by atoms with E-state index < -0.39 is 0 Å². The Labute approximate surface area is 63.4 Å². The minimum absolute atomic E-state index is 0.0521. The van der Waals surface area contributed by atoms with E-state index in [1.165, 1.54) is 12.8 Å². The summed E-state index contributed by atoms with van der Waals surface area (Å²) < 4.78 is 0. The smallest absolute Gasteiger partial charge is 0.0593 e. The van der Waals surface area contributed by atoms with Gasteiger partial charge in [-0.15, -0.1) is 0 Å². The first-order chi connectivity index (χ1) is 4.63. The third-order valence-electron chi connectivity index (χ3n) is 2.81. The van der Waals surface area contributed by atoms with Crippen molar-refractivity contribution in [2.24, 2.45) is 17.8 Å². The Morgan fingerprint density at radius 2 is 1.90 bits per heavy atom. The van der Waals surface area contributed by atoms with Crippen LogP contribution in [-0.2, 0) is 0 Å². The maximum absolute atomic E-state index is 9.62. The van der Waals surface area contributed by atoms with Crippen molar-refractivity contribution in [1.29, 1.82) is 0 Å². The SMILES string of the molecule is CC(C)C(O)C1CCC1C. The molecule has 0 spiro atoms. The van der Waals surface area contributed by atoms with E-state index in [9.17, 15) is 5.11 Å². The van der Waals surface area contributed by atoms with Crippen molar-refractivity contribution >= 4 is 0 Å². The summed E-state index contributed by atoms with van der Waals surface area (Å²) in [4.78, 5) is 0. The number of aliphatic hydroxyl groups is 1. The summed E-state index contributed by atoms with van der Waals surface area (Å²) in [6, 6.07) is 0. The summed E-state index contributed by atoms with van der Waals surface area (Å²) >= 11 is 0. The Kier molecular flexibility index (Phi) is 2.35. The van der Waals surface area contributed by atoms with Gasteiger partial charge >= 0.3 is 0 Å². The van der Waals surface area contributed by atoms with Crippen LogP contribution in [0.4, 0.5) is 0 Å². The van der Waals surface area contributed by atoms with Gasteiger partial charge in [0.25, 0.3) is 0 Å². The van der Waals surface area contributed by atoms with E-state index in [4.69, 9.17) is 0 Å². The van der Waals surface area contributed by atoms with Gasteiger partial charge in [0.1, 0.15) is 0 Å². The summed E-state index contributed by atoms with van der Waals surface area (Å²) in [6.07, 6.45) is 2.50. The molecular weight excluding hydrogens is 124 g/mol. The number of rotatable bonds is 2. The Morgan fingerprint density at radius 3 is 2.00 bits per heavy atom. The molecule has 1 aliphatic rings. The Balaban J connectivity index is 2.34. The monoisotopic (exact) mass is 142 g/mol. The van der Waals surface area contributed by atoms with Crippen molar-refractivity contribution in [1.82, 2.24) is 0 Å².